The van der Waals surface area contributed by atoms with Crippen LogP contribution in [0.4, 0.5) is 5.82 Å². The molecule has 6 heteroatoms. The maximum atomic E-state index is 5.35. The Kier molecular flexibility index (Phi) is 4.47. The number of ether oxygens (including phenoxy) is 3. The maximum absolute atomic E-state index is 5.35. The summed E-state index contributed by atoms with van der Waals surface area (Å²) in [6, 6.07) is 5.53. The molecule has 0 aliphatic heterocycles. The van der Waals surface area contributed by atoms with Crippen LogP contribution in [0.1, 0.15) is 5.69 Å². The summed E-state index contributed by atoms with van der Waals surface area (Å²) in [4.78, 5) is 8.91. The Morgan fingerprint density at radius 3 is 2.00 bits per heavy atom. The molecular formula is C15H19N3O3. The van der Waals surface area contributed by atoms with Crippen molar-refractivity contribution in [3.05, 3.63) is 23.9 Å². The van der Waals surface area contributed by atoms with Gasteiger partial charge in [-0.3, -0.25) is 0 Å². The molecule has 2 rings (SSSR count). The number of nitrogens with one attached hydrogen (secondary N) is 1. The molecule has 0 aliphatic carbocycles. The molecular weight excluding hydrogens is 270 g/mol. The zero-order valence-electron chi connectivity index (χ0n) is 12.9. The average Bonchev–Trinajstić information content (AvgIpc) is 2.52. The highest BCUT2D eigenvalue weighted by atomic mass is 16.5. The minimum atomic E-state index is 0.547. The molecule has 1 aromatic heterocycles. The van der Waals surface area contributed by atoms with Crippen molar-refractivity contribution in [1.29, 1.82) is 0 Å². The van der Waals surface area contributed by atoms with E-state index in [1.54, 1.807) is 21.3 Å². The first-order chi connectivity index (χ1) is 10.1. The number of benzene rings is 1. The van der Waals surface area contributed by atoms with E-state index in [1.807, 2.05) is 32.2 Å². The maximum Gasteiger partial charge on any atom is 0.203 e. The Morgan fingerprint density at radius 1 is 0.905 bits per heavy atom. The van der Waals surface area contributed by atoms with Gasteiger partial charge in [0, 0.05) is 24.4 Å². The molecule has 0 bridgehead atoms. The zero-order valence-corrected chi connectivity index (χ0v) is 12.9. The van der Waals surface area contributed by atoms with Gasteiger partial charge in [0.2, 0.25) is 5.75 Å². The number of aryl methyl sites for hydroxylation is 1. The molecule has 0 spiro atoms. The van der Waals surface area contributed by atoms with Gasteiger partial charge in [0.1, 0.15) is 5.82 Å². The molecule has 2 aromatic rings. The molecule has 1 aromatic carbocycles. The monoisotopic (exact) mass is 289 g/mol. The minimum Gasteiger partial charge on any atom is -0.493 e. The van der Waals surface area contributed by atoms with Crippen LogP contribution in [0.15, 0.2) is 18.2 Å². The number of rotatable bonds is 5. The van der Waals surface area contributed by atoms with Crippen molar-refractivity contribution in [2.24, 2.45) is 0 Å². The van der Waals surface area contributed by atoms with Crippen LogP contribution in [0.25, 0.3) is 11.4 Å². The Labute approximate surface area is 124 Å². The SMILES string of the molecule is CNc1cc(C)nc(-c2cc(OC)c(OC)c(OC)c2)n1. The smallest absolute Gasteiger partial charge is 0.203 e. The van der Waals surface area contributed by atoms with Crippen molar-refractivity contribution < 1.29 is 14.2 Å². The Balaban J connectivity index is 2.61. The van der Waals surface area contributed by atoms with E-state index in [1.165, 1.54) is 0 Å². The summed E-state index contributed by atoms with van der Waals surface area (Å²) >= 11 is 0. The van der Waals surface area contributed by atoms with Gasteiger partial charge in [-0.15, -0.1) is 0 Å². The molecule has 0 atom stereocenters. The zero-order chi connectivity index (χ0) is 15.4. The van der Waals surface area contributed by atoms with Gasteiger partial charge in [0.05, 0.1) is 21.3 Å². The van der Waals surface area contributed by atoms with Crippen LogP contribution >= 0.6 is 0 Å². The van der Waals surface area contributed by atoms with E-state index in [0.717, 1.165) is 17.1 Å². The molecule has 21 heavy (non-hydrogen) atoms. The minimum absolute atomic E-state index is 0.547. The number of anilines is 1. The summed E-state index contributed by atoms with van der Waals surface area (Å²) < 4.78 is 16.0. The second-order valence-corrected chi connectivity index (χ2v) is 4.38. The highest BCUT2D eigenvalue weighted by molar-refractivity contribution is 5.67. The van der Waals surface area contributed by atoms with E-state index in [-0.39, 0.29) is 0 Å². The predicted octanol–water partition coefficient (Wildman–Crippen LogP) is 2.52. The van der Waals surface area contributed by atoms with Crippen molar-refractivity contribution in [3.8, 4) is 28.6 Å². The summed E-state index contributed by atoms with van der Waals surface area (Å²) in [5.74, 6) is 3.04. The molecule has 0 radical (unpaired) electrons. The van der Waals surface area contributed by atoms with Gasteiger partial charge in [0.15, 0.2) is 17.3 Å². The fourth-order valence-corrected chi connectivity index (χ4v) is 2.04. The van der Waals surface area contributed by atoms with Crippen LogP contribution in [0, 0.1) is 6.92 Å². The van der Waals surface area contributed by atoms with E-state index < -0.39 is 0 Å². The fraction of sp³-hybridized carbons (Fsp3) is 0.333. The van der Waals surface area contributed by atoms with Crippen LogP contribution < -0.4 is 19.5 Å². The molecule has 0 saturated heterocycles. The van der Waals surface area contributed by atoms with Crippen LogP contribution in [-0.4, -0.2) is 38.3 Å². The summed E-state index contributed by atoms with van der Waals surface area (Å²) in [6.07, 6.45) is 0. The van der Waals surface area contributed by atoms with E-state index in [9.17, 15) is 0 Å². The van der Waals surface area contributed by atoms with Gasteiger partial charge < -0.3 is 19.5 Å². The van der Waals surface area contributed by atoms with E-state index in [4.69, 9.17) is 14.2 Å². The summed E-state index contributed by atoms with van der Waals surface area (Å²) in [5.41, 5.74) is 1.67. The number of methoxy groups -OCH3 is 3. The normalized spacial score (nSPS) is 10.1. The van der Waals surface area contributed by atoms with Crippen LogP contribution in [-0.2, 0) is 0 Å². The Hall–Kier alpha value is -2.50. The van der Waals surface area contributed by atoms with Crippen LogP contribution in [0.3, 0.4) is 0 Å². The van der Waals surface area contributed by atoms with Crippen molar-refractivity contribution in [1.82, 2.24) is 9.97 Å². The molecule has 1 heterocycles. The molecule has 0 amide bonds. The van der Waals surface area contributed by atoms with Crippen molar-refractivity contribution in [2.75, 3.05) is 33.7 Å². The lowest BCUT2D eigenvalue weighted by Crippen LogP contribution is -2.00. The van der Waals surface area contributed by atoms with E-state index in [0.29, 0.717) is 23.1 Å². The summed E-state index contributed by atoms with van der Waals surface area (Å²) in [7, 11) is 6.55. The lowest BCUT2D eigenvalue weighted by atomic mass is 10.1. The molecule has 0 saturated carbocycles. The fourth-order valence-electron chi connectivity index (χ4n) is 2.04. The molecule has 0 aliphatic rings. The third-order valence-electron chi connectivity index (χ3n) is 3.03. The predicted molar refractivity (Wildman–Crippen MR) is 81.4 cm³/mol. The first-order valence-electron chi connectivity index (χ1n) is 6.46. The van der Waals surface area contributed by atoms with Gasteiger partial charge in [-0.2, -0.15) is 0 Å². The molecule has 112 valence electrons. The lowest BCUT2D eigenvalue weighted by molar-refractivity contribution is 0.324. The average molecular weight is 289 g/mol. The second kappa shape index (κ2) is 6.30. The molecule has 0 unspecified atom stereocenters. The summed E-state index contributed by atoms with van der Waals surface area (Å²) in [6.45, 7) is 1.92. The van der Waals surface area contributed by atoms with Gasteiger partial charge in [-0.1, -0.05) is 0 Å². The number of aromatic nitrogens is 2. The highest BCUT2D eigenvalue weighted by Gasteiger charge is 2.15. The Morgan fingerprint density at radius 2 is 1.52 bits per heavy atom. The van der Waals surface area contributed by atoms with Gasteiger partial charge in [0.25, 0.3) is 0 Å². The standard InChI is InChI=1S/C15H19N3O3/c1-9-6-13(16-2)18-15(17-9)10-7-11(19-3)14(21-5)12(8-10)20-4/h6-8H,1-5H3,(H,16,17,18). The largest absolute Gasteiger partial charge is 0.493 e. The van der Waals surface area contributed by atoms with Gasteiger partial charge in [-0.25, -0.2) is 9.97 Å². The number of hydrogen-bond donors (Lipinski definition) is 1. The van der Waals surface area contributed by atoms with E-state index >= 15 is 0 Å². The van der Waals surface area contributed by atoms with Gasteiger partial charge in [-0.05, 0) is 19.1 Å². The third kappa shape index (κ3) is 2.99. The van der Waals surface area contributed by atoms with Crippen LogP contribution in [0.5, 0.6) is 17.2 Å². The number of hydrogen-bond acceptors (Lipinski definition) is 6. The Bertz CT molecular complexity index is 619. The molecule has 6 nitrogen and oxygen atoms in total. The second-order valence-electron chi connectivity index (χ2n) is 4.38. The lowest BCUT2D eigenvalue weighted by Gasteiger charge is -2.14. The van der Waals surface area contributed by atoms with Crippen molar-refractivity contribution >= 4 is 5.82 Å². The van der Waals surface area contributed by atoms with Crippen LogP contribution in [0.2, 0.25) is 0 Å². The quantitative estimate of drug-likeness (QED) is 0.912. The highest BCUT2D eigenvalue weighted by Crippen LogP contribution is 2.40. The van der Waals surface area contributed by atoms with Crippen molar-refractivity contribution in [2.45, 2.75) is 6.92 Å². The molecule has 0 fully saturated rings. The van der Waals surface area contributed by atoms with E-state index in [2.05, 4.69) is 15.3 Å². The summed E-state index contributed by atoms with van der Waals surface area (Å²) in [5, 5.41) is 3.02. The number of nitrogens with zero attached hydrogens (tertiary/aromatic N) is 2. The van der Waals surface area contributed by atoms with Gasteiger partial charge >= 0.3 is 0 Å². The topological polar surface area (TPSA) is 65.5 Å². The first kappa shape index (κ1) is 14.9. The molecule has 1 N–H and O–H groups in total. The first-order valence-corrected chi connectivity index (χ1v) is 6.46. The van der Waals surface area contributed by atoms with Crippen molar-refractivity contribution in [3.63, 3.8) is 0 Å². The third-order valence-corrected chi connectivity index (χ3v) is 3.03.